The van der Waals surface area contributed by atoms with Crippen LogP contribution in [0.4, 0.5) is 4.39 Å². The highest BCUT2D eigenvalue weighted by Gasteiger charge is 2.06. The van der Waals surface area contributed by atoms with Gasteiger partial charge in [0.1, 0.15) is 5.82 Å². The molecule has 1 amide bonds. The summed E-state index contributed by atoms with van der Waals surface area (Å²) in [7, 11) is 0. The number of primary amides is 1. The number of nitrogens with zero attached hydrogens (tertiary/aromatic N) is 1. The Morgan fingerprint density at radius 2 is 2.06 bits per heavy atom. The van der Waals surface area contributed by atoms with E-state index in [1.807, 2.05) is 12.1 Å². The van der Waals surface area contributed by atoms with Gasteiger partial charge in [0.05, 0.1) is 6.54 Å². The summed E-state index contributed by atoms with van der Waals surface area (Å²) in [5.41, 5.74) is 8.81. The number of carbonyl (C=O) groups is 1. The van der Waals surface area contributed by atoms with Crippen molar-refractivity contribution >= 4 is 5.91 Å². The highest BCUT2D eigenvalue weighted by Crippen LogP contribution is 2.10. The molecule has 0 aliphatic carbocycles. The van der Waals surface area contributed by atoms with Gasteiger partial charge in [-0.3, -0.25) is 9.47 Å². The third-order valence-electron chi connectivity index (χ3n) is 2.39. The van der Waals surface area contributed by atoms with Crippen molar-refractivity contribution < 1.29 is 9.18 Å². The predicted molar refractivity (Wildman–Crippen MR) is 62.4 cm³/mol. The Morgan fingerprint density at radius 1 is 1.35 bits per heavy atom. The van der Waals surface area contributed by atoms with E-state index in [0.717, 1.165) is 0 Å². The van der Waals surface area contributed by atoms with E-state index in [9.17, 15) is 9.18 Å². The molecule has 3 N–H and O–H groups in total. The van der Waals surface area contributed by atoms with Gasteiger partial charge in [-0.05, 0) is 30.3 Å². The van der Waals surface area contributed by atoms with Crippen LogP contribution in [0.3, 0.4) is 0 Å². The van der Waals surface area contributed by atoms with Crippen LogP contribution in [0.15, 0.2) is 42.7 Å². The van der Waals surface area contributed by atoms with E-state index >= 15 is 0 Å². The maximum atomic E-state index is 13.5. The van der Waals surface area contributed by atoms with Crippen molar-refractivity contribution in [1.82, 2.24) is 4.68 Å². The van der Waals surface area contributed by atoms with E-state index in [-0.39, 0.29) is 12.4 Å². The zero-order valence-electron chi connectivity index (χ0n) is 9.06. The van der Waals surface area contributed by atoms with Gasteiger partial charge in [-0.15, -0.1) is 0 Å². The van der Waals surface area contributed by atoms with Gasteiger partial charge in [0.2, 0.25) is 5.91 Å². The Morgan fingerprint density at radius 3 is 2.71 bits per heavy atom. The number of amides is 1. The van der Waals surface area contributed by atoms with E-state index in [1.165, 1.54) is 18.2 Å². The van der Waals surface area contributed by atoms with E-state index in [2.05, 4.69) is 5.43 Å². The number of hydrogen-bond donors (Lipinski definition) is 2. The van der Waals surface area contributed by atoms with Gasteiger partial charge < -0.3 is 11.2 Å². The molecule has 1 aromatic carbocycles. The molecule has 0 saturated carbocycles. The smallest absolute Gasteiger partial charge is 0.248 e. The van der Waals surface area contributed by atoms with Crippen molar-refractivity contribution in [1.29, 1.82) is 0 Å². The molecule has 0 aliphatic rings. The molecule has 1 heterocycles. The lowest BCUT2D eigenvalue weighted by molar-refractivity contribution is 0.1000. The molecule has 0 aliphatic heterocycles. The second-order valence-corrected chi connectivity index (χ2v) is 3.60. The van der Waals surface area contributed by atoms with Gasteiger partial charge in [-0.25, -0.2) is 4.39 Å². The number of halogens is 1. The molecule has 1 aromatic heterocycles. The molecule has 0 bridgehead atoms. The van der Waals surface area contributed by atoms with E-state index in [0.29, 0.717) is 11.1 Å². The molecule has 4 nitrogen and oxygen atoms in total. The van der Waals surface area contributed by atoms with Crippen LogP contribution in [-0.4, -0.2) is 10.6 Å². The Hall–Kier alpha value is -2.30. The minimum atomic E-state index is -0.563. The first-order valence-electron chi connectivity index (χ1n) is 5.12. The number of hydrogen-bond acceptors (Lipinski definition) is 2. The molecule has 0 radical (unpaired) electrons. The van der Waals surface area contributed by atoms with Gasteiger partial charge in [0.15, 0.2) is 0 Å². The van der Waals surface area contributed by atoms with Crippen molar-refractivity contribution in [3.63, 3.8) is 0 Å². The highest BCUT2D eigenvalue weighted by atomic mass is 19.1. The molecule has 0 unspecified atom stereocenters. The molecular formula is C12H12FN3O. The Labute approximate surface area is 97.8 Å². The fourth-order valence-electron chi connectivity index (χ4n) is 1.48. The van der Waals surface area contributed by atoms with Crippen LogP contribution >= 0.6 is 0 Å². The lowest BCUT2D eigenvalue weighted by Gasteiger charge is -2.09. The number of aromatic nitrogens is 1. The Bertz CT molecular complexity index is 523. The lowest BCUT2D eigenvalue weighted by Crippen LogP contribution is -2.15. The van der Waals surface area contributed by atoms with E-state index in [1.54, 1.807) is 17.1 Å². The number of rotatable bonds is 4. The second-order valence-electron chi connectivity index (χ2n) is 3.60. The molecule has 0 spiro atoms. The fraction of sp³-hybridized carbons (Fsp3) is 0.0833. The summed E-state index contributed by atoms with van der Waals surface area (Å²) >= 11 is 0. The number of nitrogens with one attached hydrogen (secondary N) is 1. The Kier molecular flexibility index (Phi) is 3.09. The summed E-state index contributed by atoms with van der Waals surface area (Å²) < 4.78 is 15.2. The average molecular weight is 233 g/mol. The summed E-state index contributed by atoms with van der Waals surface area (Å²) in [5.74, 6) is -0.929. The zero-order valence-corrected chi connectivity index (χ0v) is 9.06. The molecule has 2 rings (SSSR count). The van der Waals surface area contributed by atoms with Crippen LogP contribution in [-0.2, 0) is 6.54 Å². The molecule has 5 heteroatoms. The van der Waals surface area contributed by atoms with Gasteiger partial charge in [-0.1, -0.05) is 0 Å². The van der Waals surface area contributed by atoms with Crippen molar-refractivity contribution in [3.8, 4) is 0 Å². The summed E-state index contributed by atoms with van der Waals surface area (Å²) in [5, 5.41) is 0. The third-order valence-corrected chi connectivity index (χ3v) is 2.39. The molecule has 17 heavy (non-hydrogen) atoms. The largest absolute Gasteiger partial charge is 0.366 e. The minimum Gasteiger partial charge on any atom is -0.366 e. The average Bonchev–Trinajstić information content (AvgIpc) is 2.80. The lowest BCUT2D eigenvalue weighted by atomic mass is 10.1. The summed E-state index contributed by atoms with van der Waals surface area (Å²) in [6.45, 7) is 0.279. The molecule has 0 atom stereocenters. The molecule has 0 fully saturated rings. The first-order valence-corrected chi connectivity index (χ1v) is 5.12. The van der Waals surface area contributed by atoms with Crippen molar-refractivity contribution in [3.05, 3.63) is 59.7 Å². The summed E-state index contributed by atoms with van der Waals surface area (Å²) in [6.07, 6.45) is 3.60. The van der Waals surface area contributed by atoms with E-state index < -0.39 is 5.91 Å². The van der Waals surface area contributed by atoms with Crippen molar-refractivity contribution in [2.45, 2.75) is 6.54 Å². The molecule has 88 valence electrons. The number of benzene rings is 1. The standard InChI is InChI=1S/C12H12FN3O/c13-11-4-3-9(12(14)17)7-10(11)8-15-16-5-1-2-6-16/h1-7,15H,8H2,(H2,14,17). The topological polar surface area (TPSA) is 60.1 Å². The maximum Gasteiger partial charge on any atom is 0.248 e. The normalized spacial score (nSPS) is 10.2. The van der Waals surface area contributed by atoms with Crippen LogP contribution in [0.1, 0.15) is 15.9 Å². The van der Waals surface area contributed by atoms with Crippen LogP contribution < -0.4 is 11.2 Å². The zero-order chi connectivity index (χ0) is 12.3. The highest BCUT2D eigenvalue weighted by molar-refractivity contribution is 5.92. The first-order chi connectivity index (χ1) is 8.16. The predicted octanol–water partition coefficient (Wildman–Crippen LogP) is 1.47. The van der Waals surface area contributed by atoms with Crippen LogP contribution in [0.5, 0.6) is 0 Å². The van der Waals surface area contributed by atoms with Gasteiger partial charge >= 0.3 is 0 Å². The maximum absolute atomic E-state index is 13.5. The quantitative estimate of drug-likeness (QED) is 0.840. The molecule has 2 aromatic rings. The van der Waals surface area contributed by atoms with Gasteiger partial charge in [0, 0.05) is 23.5 Å². The van der Waals surface area contributed by atoms with Gasteiger partial charge in [0.25, 0.3) is 0 Å². The van der Waals surface area contributed by atoms with Crippen LogP contribution in [0.2, 0.25) is 0 Å². The second kappa shape index (κ2) is 4.69. The van der Waals surface area contributed by atoms with Gasteiger partial charge in [-0.2, -0.15) is 0 Å². The number of nitrogens with two attached hydrogens (primary N) is 1. The van der Waals surface area contributed by atoms with Crippen molar-refractivity contribution in [2.75, 3.05) is 5.43 Å². The molecular weight excluding hydrogens is 221 g/mol. The van der Waals surface area contributed by atoms with Crippen LogP contribution in [0.25, 0.3) is 0 Å². The first kappa shape index (κ1) is 11.2. The summed E-state index contributed by atoms with van der Waals surface area (Å²) in [6, 6.07) is 7.77. The third kappa shape index (κ3) is 2.63. The van der Waals surface area contributed by atoms with Crippen molar-refractivity contribution in [2.24, 2.45) is 5.73 Å². The fourth-order valence-corrected chi connectivity index (χ4v) is 1.48. The monoisotopic (exact) mass is 233 g/mol. The number of carbonyl (C=O) groups excluding carboxylic acids is 1. The summed E-state index contributed by atoms with van der Waals surface area (Å²) in [4.78, 5) is 11.0. The van der Waals surface area contributed by atoms with E-state index in [4.69, 9.17) is 5.73 Å². The SMILES string of the molecule is NC(=O)c1ccc(F)c(CNn2cccc2)c1. The molecule has 0 saturated heterocycles. The van der Waals surface area contributed by atoms with Crippen LogP contribution in [0, 0.1) is 5.82 Å². The minimum absolute atomic E-state index is 0.279. The Balaban J connectivity index is 2.14.